The minimum absolute atomic E-state index is 0.0978. The number of carbonyl (C=O) groups is 1. The molecule has 0 unspecified atom stereocenters. The Kier molecular flexibility index (Phi) is 3.91. The van der Waals surface area contributed by atoms with Crippen molar-refractivity contribution in [3.63, 3.8) is 0 Å². The molecule has 0 fully saturated rings. The number of likely N-dealkylation sites (N-methyl/N-ethyl adjacent to an activating group) is 1. The van der Waals surface area contributed by atoms with E-state index in [4.69, 9.17) is 0 Å². The molecule has 1 aliphatic rings. The molecule has 1 amide bonds. The number of hydrogen-bond donors (Lipinski definition) is 1. The zero-order chi connectivity index (χ0) is 14.7. The summed E-state index contributed by atoms with van der Waals surface area (Å²) < 4.78 is 0. The SMILES string of the molecule is CN(CCc1ccccc1)C(=O)c1ccc2c(c1)CCN2. The Morgan fingerprint density at radius 3 is 2.81 bits per heavy atom. The van der Waals surface area contributed by atoms with Crippen LogP contribution in [0.5, 0.6) is 0 Å². The summed E-state index contributed by atoms with van der Waals surface area (Å²) in [5.41, 5.74) is 4.46. The summed E-state index contributed by atoms with van der Waals surface area (Å²) >= 11 is 0. The van der Waals surface area contributed by atoms with Crippen LogP contribution >= 0.6 is 0 Å². The zero-order valence-corrected chi connectivity index (χ0v) is 12.3. The summed E-state index contributed by atoms with van der Waals surface area (Å²) in [4.78, 5) is 14.3. The van der Waals surface area contributed by atoms with Gasteiger partial charge in [0.15, 0.2) is 0 Å². The maximum atomic E-state index is 12.5. The Bertz CT molecular complexity index is 637. The fourth-order valence-electron chi connectivity index (χ4n) is 2.70. The van der Waals surface area contributed by atoms with Crippen LogP contribution in [0.1, 0.15) is 21.5 Å². The predicted octanol–water partition coefficient (Wildman–Crippen LogP) is 2.97. The molecule has 2 aromatic rings. The van der Waals surface area contributed by atoms with Crippen molar-refractivity contribution in [1.82, 2.24) is 4.90 Å². The van der Waals surface area contributed by atoms with E-state index in [-0.39, 0.29) is 5.91 Å². The normalized spacial score (nSPS) is 12.6. The summed E-state index contributed by atoms with van der Waals surface area (Å²) in [5, 5.41) is 3.32. The molecule has 0 aromatic heterocycles. The van der Waals surface area contributed by atoms with Crippen molar-refractivity contribution in [2.75, 3.05) is 25.5 Å². The van der Waals surface area contributed by atoms with Crippen molar-refractivity contribution < 1.29 is 4.79 Å². The van der Waals surface area contributed by atoms with Crippen LogP contribution in [-0.2, 0) is 12.8 Å². The highest BCUT2D eigenvalue weighted by Gasteiger charge is 2.16. The van der Waals surface area contributed by atoms with Crippen LogP contribution in [0.2, 0.25) is 0 Å². The molecule has 0 spiro atoms. The van der Waals surface area contributed by atoms with Gasteiger partial charge >= 0.3 is 0 Å². The third-order valence-corrected chi connectivity index (χ3v) is 3.99. The van der Waals surface area contributed by atoms with E-state index in [0.717, 1.165) is 31.5 Å². The number of fused-ring (bicyclic) bond motifs is 1. The standard InChI is InChI=1S/C18H20N2O/c1-20(12-10-14-5-3-2-4-6-14)18(21)16-7-8-17-15(13-16)9-11-19-17/h2-8,13,19H,9-12H2,1H3. The van der Waals surface area contributed by atoms with E-state index in [1.54, 1.807) is 4.90 Å². The summed E-state index contributed by atoms with van der Waals surface area (Å²) in [5.74, 6) is 0.0978. The molecule has 3 rings (SSSR count). The second kappa shape index (κ2) is 6.00. The van der Waals surface area contributed by atoms with Gasteiger partial charge in [-0.05, 0) is 42.2 Å². The van der Waals surface area contributed by atoms with Gasteiger partial charge < -0.3 is 10.2 Å². The van der Waals surface area contributed by atoms with E-state index in [1.807, 2.05) is 43.4 Å². The molecular formula is C18H20N2O. The smallest absolute Gasteiger partial charge is 0.253 e. The lowest BCUT2D eigenvalue weighted by Gasteiger charge is -2.17. The first-order valence-electron chi connectivity index (χ1n) is 7.40. The average Bonchev–Trinajstić information content (AvgIpc) is 3.00. The number of rotatable bonds is 4. The molecule has 0 saturated heterocycles. The molecule has 0 atom stereocenters. The number of benzene rings is 2. The molecule has 0 saturated carbocycles. The molecule has 0 aliphatic carbocycles. The van der Waals surface area contributed by atoms with Gasteiger partial charge in [0.05, 0.1) is 0 Å². The van der Waals surface area contributed by atoms with Gasteiger partial charge in [-0.2, -0.15) is 0 Å². The van der Waals surface area contributed by atoms with Gasteiger partial charge in [0.1, 0.15) is 0 Å². The van der Waals surface area contributed by atoms with Gasteiger partial charge in [0.2, 0.25) is 0 Å². The predicted molar refractivity (Wildman–Crippen MR) is 85.7 cm³/mol. The highest BCUT2D eigenvalue weighted by atomic mass is 16.2. The van der Waals surface area contributed by atoms with Crippen LogP contribution < -0.4 is 5.32 Å². The number of carbonyl (C=O) groups excluding carboxylic acids is 1. The molecular weight excluding hydrogens is 260 g/mol. The minimum Gasteiger partial charge on any atom is -0.384 e. The first-order chi connectivity index (χ1) is 10.2. The van der Waals surface area contributed by atoms with Crippen LogP contribution in [0.15, 0.2) is 48.5 Å². The van der Waals surface area contributed by atoms with E-state index >= 15 is 0 Å². The van der Waals surface area contributed by atoms with E-state index < -0.39 is 0 Å². The molecule has 0 bridgehead atoms. The number of anilines is 1. The van der Waals surface area contributed by atoms with Crippen LogP contribution in [0, 0.1) is 0 Å². The zero-order valence-electron chi connectivity index (χ0n) is 12.3. The fraction of sp³-hybridized carbons (Fsp3) is 0.278. The van der Waals surface area contributed by atoms with Gasteiger partial charge in [0.25, 0.3) is 5.91 Å². The Morgan fingerprint density at radius 2 is 2.00 bits per heavy atom. The Hall–Kier alpha value is -2.29. The highest BCUT2D eigenvalue weighted by molar-refractivity contribution is 5.94. The largest absolute Gasteiger partial charge is 0.384 e. The van der Waals surface area contributed by atoms with E-state index in [0.29, 0.717) is 0 Å². The van der Waals surface area contributed by atoms with Crippen LogP contribution in [-0.4, -0.2) is 30.9 Å². The third kappa shape index (κ3) is 3.07. The average molecular weight is 280 g/mol. The molecule has 2 aromatic carbocycles. The first kappa shape index (κ1) is 13.7. The lowest BCUT2D eigenvalue weighted by Crippen LogP contribution is -2.28. The van der Waals surface area contributed by atoms with Gasteiger partial charge in [-0.1, -0.05) is 30.3 Å². The lowest BCUT2D eigenvalue weighted by molar-refractivity contribution is 0.0796. The quantitative estimate of drug-likeness (QED) is 0.934. The molecule has 21 heavy (non-hydrogen) atoms. The second-order valence-electron chi connectivity index (χ2n) is 5.51. The highest BCUT2D eigenvalue weighted by Crippen LogP contribution is 2.23. The summed E-state index contributed by atoms with van der Waals surface area (Å²) in [6.07, 6.45) is 1.89. The van der Waals surface area contributed by atoms with Crippen molar-refractivity contribution in [1.29, 1.82) is 0 Å². The summed E-state index contributed by atoms with van der Waals surface area (Å²) in [6, 6.07) is 16.2. The van der Waals surface area contributed by atoms with Gasteiger partial charge in [-0.15, -0.1) is 0 Å². The summed E-state index contributed by atoms with van der Waals surface area (Å²) in [6.45, 7) is 1.70. The van der Waals surface area contributed by atoms with E-state index in [1.165, 1.54) is 16.8 Å². The van der Waals surface area contributed by atoms with Crippen LogP contribution in [0.3, 0.4) is 0 Å². The van der Waals surface area contributed by atoms with Gasteiger partial charge in [-0.3, -0.25) is 4.79 Å². The topological polar surface area (TPSA) is 32.3 Å². The molecule has 3 nitrogen and oxygen atoms in total. The lowest BCUT2D eigenvalue weighted by atomic mass is 10.1. The maximum absolute atomic E-state index is 12.5. The second-order valence-corrected chi connectivity index (χ2v) is 5.51. The van der Waals surface area contributed by atoms with Crippen LogP contribution in [0.4, 0.5) is 5.69 Å². The Balaban J connectivity index is 1.64. The Morgan fingerprint density at radius 1 is 1.19 bits per heavy atom. The van der Waals surface area contributed by atoms with E-state index in [2.05, 4.69) is 17.4 Å². The van der Waals surface area contributed by atoms with Crippen LogP contribution in [0.25, 0.3) is 0 Å². The maximum Gasteiger partial charge on any atom is 0.253 e. The minimum atomic E-state index is 0.0978. The van der Waals surface area contributed by atoms with E-state index in [9.17, 15) is 4.79 Å². The first-order valence-corrected chi connectivity index (χ1v) is 7.40. The molecule has 1 N–H and O–H groups in total. The number of nitrogens with one attached hydrogen (secondary N) is 1. The number of hydrogen-bond acceptors (Lipinski definition) is 2. The van der Waals surface area contributed by atoms with Crippen molar-refractivity contribution >= 4 is 11.6 Å². The molecule has 1 aliphatic heterocycles. The Labute approximate surface area is 125 Å². The van der Waals surface area contributed by atoms with Crippen molar-refractivity contribution in [2.45, 2.75) is 12.8 Å². The molecule has 3 heteroatoms. The van der Waals surface area contributed by atoms with Crippen molar-refractivity contribution in [2.24, 2.45) is 0 Å². The van der Waals surface area contributed by atoms with Crippen molar-refractivity contribution in [3.05, 3.63) is 65.2 Å². The number of amides is 1. The monoisotopic (exact) mass is 280 g/mol. The molecule has 108 valence electrons. The third-order valence-electron chi connectivity index (χ3n) is 3.99. The molecule has 0 radical (unpaired) electrons. The number of nitrogens with zero attached hydrogens (tertiary/aromatic N) is 1. The molecule has 1 heterocycles. The van der Waals surface area contributed by atoms with Crippen molar-refractivity contribution in [3.8, 4) is 0 Å². The van der Waals surface area contributed by atoms with Gasteiger partial charge in [-0.25, -0.2) is 0 Å². The van der Waals surface area contributed by atoms with Gasteiger partial charge in [0, 0.05) is 31.4 Å². The summed E-state index contributed by atoms with van der Waals surface area (Å²) in [7, 11) is 1.87. The fourth-order valence-corrected chi connectivity index (χ4v) is 2.70.